The number of nitrogens with zero attached hydrogens (tertiary/aromatic N) is 1. The van der Waals surface area contributed by atoms with E-state index in [0.717, 1.165) is 39.0 Å². The average Bonchev–Trinajstić information content (AvgIpc) is 3.13. The van der Waals surface area contributed by atoms with Crippen molar-refractivity contribution < 1.29 is 9.53 Å². The van der Waals surface area contributed by atoms with Gasteiger partial charge < -0.3 is 15.0 Å². The number of hydrogen-bond donors (Lipinski definition) is 1. The summed E-state index contributed by atoms with van der Waals surface area (Å²) in [4.78, 5) is 14.0. The third kappa shape index (κ3) is 14.8. The van der Waals surface area contributed by atoms with Crippen LogP contribution in [0.1, 0.15) is 118 Å². The largest absolute Gasteiger partial charge is 0.444 e. The van der Waals surface area contributed by atoms with Crippen LogP contribution in [0.4, 0.5) is 4.79 Å². The van der Waals surface area contributed by atoms with E-state index in [0.29, 0.717) is 5.92 Å². The maximum atomic E-state index is 12.1. The standard InChI is InChI=1S/C25H50N2O2/c1-5-6-7-8-9-10-11-12-13-14-15-16-19-26-20-17-23-18-21-27(22-23)24(28)29-25(2,3)4/h23,26H,5-22H2,1-4H3. The fourth-order valence-electron chi connectivity index (χ4n) is 4.08. The van der Waals surface area contributed by atoms with Crippen LogP contribution in [0.25, 0.3) is 0 Å². The van der Waals surface area contributed by atoms with E-state index in [9.17, 15) is 4.79 Å². The van der Waals surface area contributed by atoms with Crippen LogP contribution in [-0.2, 0) is 4.74 Å². The number of ether oxygens (including phenoxy) is 1. The van der Waals surface area contributed by atoms with Crippen molar-refractivity contribution in [2.24, 2.45) is 5.92 Å². The summed E-state index contributed by atoms with van der Waals surface area (Å²) in [6.07, 6.45) is 19.0. The average molecular weight is 411 g/mol. The van der Waals surface area contributed by atoms with Crippen molar-refractivity contribution in [3.05, 3.63) is 0 Å². The zero-order valence-corrected chi connectivity index (χ0v) is 20.1. The van der Waals surface area contributed by atoms with E-state index in [1.54, 1.807) is 0 Å². The summed E-state index contributed by atoms with van der Waals surface area (Å²) in [7, 11) is 0. The topological polar surface area (TPSA) is 41.6 Å². The summed E-state index contributed by atoms with van der Waals surface area (Å²) in [6, 6.07) is 0. The van der Waals surface area contributed by atoms with Crippen molar-refractivity contribution in [3.63, 3.8) is 0 Å². The molecule has 0 aromatic heterocycles. The van der Waals surface area contributed by atoms with Gasteiger partial charge in [0.15, 0.2) is 0 Å². The Balaban J connectivity index is 1.84. The zero-order chi connectivity index (χ0) is 21.4. The monoisotopic (exact) mass is 410 g/mol. The molecule has 0 aliphatic carbocycles. The lowest BCUT2D eigenvalue weighted by Crippen LogP contribution is -2.35. The first kappa shape index (κ1) is 26.3. The summed E-state index contributed by atoms with van der Waals surface area (Å²) < 4.78 is 5.47. The SMILES string of the molecule is CCCCCCCCCCCCCCNCCC1CCN(C(=O)OC(C)(C)C)C1. The Morgan fingerprint density at radius 1 is 0.897 bits per heavy atom. The van der Waals surface area contributed by atoms with Gasteiger partial charge in [0.05, 0.1) is 0 Å². The molecule has 0 bridgehead atoms. The third-order valence-corrected chi connectivity index (χ3v) is 5.87. The van der Waals surface area contributed by atoms with E-state index in [2.05, 4.69) is 12.2 Å². The molecule has 1 aliphatic heterocycles. The first-order valence-electron chi connectivity index (χ1n) is 12.6. The van der Waals surface area contributed by atoms with Crippen LogP contribution in [-0.4, -0.2) is 42.8 Å². The highest BCUT2D eigenvalue weighted by Crippen LogP contribution is 2.21. The normalized spacial score (nSPS) is 17.1. The Bertz CT molecular complexity index is 406. The maximum Gasteiger partial charge on any atom is 0.410 e. The van der Waals surface area contributed by atoms with Gasteiger partial charge >= 0.3 is 6.09 Å². The van der Waals surface area contributed by atoms with Crippen LogP contribution in [0.5, 0.6) is 0 Å². The fraction of sp³-hybridized carbons (Fsp3) is 0.960. The van der Waals surface area contributed by atoms with Crippen LogP contribution >= 0.6 is 0 Å². The van der Waals surface area contributed by atoms with Crippen LogP contribution in [0, 0.1) is 5.92 Å². The van der Waals surface area contributed by atoms with E-state index in [-0.39, 0.29) is 6.09 Å². The first-order valence-corrected chi connectivity index (χ1v) is 12.6. The summed E-state index contributed by atoms with van der Waals surface area (Å²) in [5, 5.41) is 3.60. The molecule has 1 unspecified atom stereocenters. The van der Waals surface area contributed by atoms with Gasteiger partial charge in [-0.25, -0.2) is 4.79 Å². The highest BCUT2D eigenvalue weighted by atomic mass is 16.6. The van der Waals surface area contributed by atoms with Gasteiger partial charge in [0, 0.05) is 13.1 Å². The predicted molar refractivity (Wildman–Crippen MR) is 124 cm³/mol. The van der Waals surface area contributed by atoms with E-state index < -0.39 is 5.60 Å². The number of hydrogen-bond acceptors (Lipinski definition) is 3. The molecule has 1 amide bonds. The lowest BCUT2D eigenvalue weighted by atomic mass is 10.0. The van der Waals surface area contributed by atoms with Gasteiger partial charge in [-0.05, 0) is 59.0 Å². The molecule has 0 aromatic carbocycles. The Labute approximate surface area is 181 Å². The molecule has 0 spiro atoms. The van der Waals surface area contributed by atoms with Crippen molar-refractivity contribution in [1.29, 1.82) is 0 Å². The number of carbonyl (C=O) groups is 1. The van der Waals surface area contributed by atoms with Crippen LogP contribution in [0.3, 0.4) is 0 Å². The lowest BCUT2D eigenvalue weighted by molar-refractivity contribution is 0.0287. The molecule has 1 fully saturated rings. The van der Waals surface area contributed by atoms with Crippen LogP contribution < -0.4 is 5.32 Å². The molecular weight excluding hydrogens is 360 g/mol. The highest BCUT2D eigenvalue weighted by molar-refractivity contribution is 5.68. The molecule has 29 heavy (non-hydrogen) atoms. The van der Waals surface area contributed by atoms with Crippen LogP contribution in [0.15, 0.2) is 0 Å². The molecule has 4 heteroatoms. The van der Waals surface area contributed by atoms with Crippen molar-refractivity contribution >= 4 is 6.09 Å². The van der Waals surface area contributed by atoms with Crippen molar-refractivity contribution in [2.75, 3.05) is 26.2 Å². The molecule has 1 heterocycles. The summed E-state index contributed by atoms with van der Waals surface area (Å²) >= 11 is 0. The van der Waals surface area contributed by atoms with Gasteiger partial charge in [0.2, 0.25) is 0 Å². The molecule has 172 valence electrons. The summed E-state index contributed by atoms with van der Waals surface area (Å²) in [5.41, 5.74) is -0.398. The molecule has 1 atom stereocenters. The second kappa shape index (κ2) is 16.0. The predicted octanol–water partition coefficient (Wildman–Crippen LogP) is 6.92. The first-order chi connectivity index (χ1) is 13.9. The van der Waals surface area contributed by atoms with Gasteiger partial charge in [-0.1, -0.05) is 77.6 Å². The smallest absolute Gasteiger partial charge is 0.410 e. The number of rotatable bonds is 16. The molecule has 0 aromatic rings. The second-order valence-electron chi connectivity index (χ2n) is 10.0. The third-order valence-electron chi connectivity index (χ3n) is 5.87. The van der Waals surface area contributed by atoms with Crippen molar-refractivity contribution in [2.45, 2.75) is 123 Å². The minimum atomic E-state index is -0.398. The van der Waals surface area contributed by atoms with Crippen molar-refractivity contribution in [1.82, 2.24) is 10.2 Å². The molecular formula is C25H50N2O2. The van der Waals surface area contributed by atoms with E-state index >= 15 is 0 Å². The number of carbonyl (C=O) groups excluding carboxylic acids is 1. The van der Waals surface area contributed by atoms with Gasteiger partial charge in [-0.2, -0.15) is 0 Å². The van der Waals surface area contributed by atoms with Gasteiger partial charge in [-0.15, -0.1) is 0 Å². The van der Waals surface area contributed by atoms with Gasteiger partial charge in [0.25, 0.3) is 0 Å². The molecule has 1 aliphatic rings. The highest BCUT2D eigenvalue weighted by Gasteiger charge is 2.29. The molecule has 0 radical (unpaired) electrons. The van der Waals surface area contributed by atoms with Crippen LogP contribution in [0.2, 0.25) is 0 Å². The molecule has 1 saturated heterocycles. The van der Waals surface area contributed by atoms with E-state index in [4.69, 9.17) is 4.74 Å². The molecule has 0 saturated carbocycles. The minimum Gasteiger partial charge on any atom is -0.444 e. The molecule has 1 N–H and O–H groups in total. The Hall–Kier alpha value is -0.770. The molecule has 4 nitrogen and oxygen atoms in total. The molecule has 1 rings (SSSR count). The summed E-state index contributed by atoms with van der Waals surface area (Å²) in [6.45, 7) is 12.0. The Kier molecular flexibility index (Phi) is 14.5. The minimum absolute atomic E-state index is 0.149. The lowest BCUT2D eigenvalue weighted by Gasteiger charge is -2.24. The zero-order valence-electron chi connectivity index (χ0n) is 20.1. The van der Waals surface area contributed by atoms with Gasteiger partial charge in [-0.3, -0.25) is 0 Å². The van der Waals surface area contributed by atoms with Gasteiger partial charge in [0.1, 0.15) is 5.60 Å². The Morgan fingerprint density at radius 3 is 2.00 bits per heavy atom. The number of nitrogens with one attached hydrogen (secondary N) is 1. The fourth-order valence-corrected chi connectivity index (χ4v) is 4.08. The maximum absolute atomic E-state index is 12.1. The number of amides is 1. The Morgan fingerprint density at radius 2 is 1.45 bits per heavy atom. The van der Waals surface area contributed by atoms with E-state index in [1.165, 1.54) is 77.0 Å². The number of likely N-dealkylation sites (tertiary alicyclic amines) is 1. The summed E-state index contributed by atoms with van der Waals surface area (Å²) in [5.74, 6) is 0.622. The van der Waals surface area contributed by atoms with Crippen molar-refractivity contribution in [3.8, 4) is 0 Å². The number of unbranched alkanes of at least 4 members (excludes halogenated alkanes) is 11. The second-order valence-corrected chi connectivity index (χ2v) is 10.0. The van der Waals surface area contributed by atoms with E-state index in [1.807, 2.05) is 25.7 Å². The quantitative estimate of drug-likeness (QED) is 0.281.